The number of methoxy groups -OCH3 is 1. The number of aromatic amines is 1. The lowest BCUT2D eigenvalue weighted by Gasteiger charge is -2.09. The molecule has 1 heterocycles. The molecule has 7 nitrogen and oxygen atoms in total. The summed E-state index contributed by atoms with van der Waals surface area (Å²) < 4.78 is 5.18. The molecule has 0 aliphatic carbocycles. The van der Waals surface area contributed by atoms with Crippen molar-refractivity contribution in [1.82, 2.24) is 9.97 Å². The minimum absolute atomic E-state index is 0.0596. The predicted octanol–water partition coefficient (Wildman–Crippen LogP) is 3.03. The molecule has 25 heavy (non-hydrogen) atoms. The number of nitrogens with zero attached hydrogens (tertiary/aromatic N) is 2. The van der Waals surface area contributed by atoms with Crippen molar-refractivity contribution in [2.45, 2.75) is 0 Å². The van der Waals surface area contributed by atoms with Crippen LogP contribution in [0, 0.1) is 11.3 Å². The number of carbonyl (C=O) groups excluding carboxylic acids is 1. The number of fused-ring (bicyclic) bond motifs is 1. The van der Waals surface area contributed by atoms with Gasteiger partial charge in [0.15, 0.2) is 0 Å². The third-order valence-corrected chi connectivity index (χ3v) is 3.52. The molecule has 0 aliphatic heterocycles. The second-order valence-electron chi connectivity index (χ2n) is 5.10. The highest BCUT2D eigenvalue weighted by molar-refractivity contribution is 6.07. The molecule has 1 amide bonds. The van der Waals surface area contributed by atoms with Gasteiger partial charge in [0.25, 0.3) is 5.91 Å². The molecule has 0 saturated carbocycles. The van der Waals surface area contributed by atoms with Crippen LogP contribution in [0.4, 0.5) is 11.4 Å². The summed E-state index contributed by atoms with van der Waals surface area (Å²) in [5.41, 5.74) is 2.86. The van der Waals surface area contributed by atoms with Gasteiger partial charge in [0, 0.05) is 11.9 Å². The maximum Gasteiger partial charge on any atom is 0.267 e. The van der Waals surface area contributed by atoms with Crippen molar-refractivity contribution in [2.24, 2.45) is 0 Å². The van der Waals surface area contributed by atoms with Gasteiger partial charge in [-0.15, -0.1) is 0 Å². The highest BCUT2D eigenvalue weighted by Crippen LogP contribution is 2.23. The van der Waals surface area contributed by atoms with E-state index in [1.54, 1.807) is 30.6 Å². The first-order valence-corrected chi connectivity index (χ1v) is 7.45. The van der Waals surface area contributed by atoms with Gasteiger partial charge in [-0.3, -0.25) is 4.79 Å². The first-order chi connectivity index (χ1) is 12.2. The van der Waals surface area contributed by atoms with Crippen molar-refractivity contribution in [3.8, 4) is 11.8 Å². The fraction of sp³-hybridized carbons (Fsp3) is 0.0556. The Hall–Kier alpha value is -3.79. The summed E-state index contributed by atoms with van der Waals surface area (Å²) in [4.78, 5) is 19.4. The van der Waals surface area contributed by atoms with Crippen molar-refractivity contribution >= 4 is 28.3 Å². The van der Waals surface area contributed by atoms with Gasteiger partial charge >= 0.3 is 0 Å². The van der Waals surface area contributed by atoms with E-state index in [0.29, 0.717) is 11.4 Å². The molecular weight excluding hydrogens is 318 g/mol. The molecular formula is C18H15N5O2. The largest absolute Gasteiger partial charge is 0.495 e. The van der Waals surface area contributed by atoms with Gasteiger partial charge in [-0.05, 0) is 30.3 Å². The summed E-state index contributed by atoms with van der Waals surface area (Å²) in [6, 6.07) is 14.4. The standard InChI is InChI=1S/C18H15N5O2/c1-25-17-5-3-2-4-15(17)23-18(24)12(9-19)10-20-13-6-7-14-16(8-13)22-11-21-14/h2-8,10-11,20H,1H3,(H,21,22)(H,23,24)/b12-10-. The fourth-order valence-electron chi connectivity index (χ4n) is 2.27. The van der Waals surface area contributed by atoms with Gasteiger partial charge in [0.1, 0.15) is 17.4 Å². The number of nitriles is 1. The van der Waals surface area contributed by atoms with Gasteiger partial charge in [0.05, 0.1) is 30.2 Å². The molecule has 3 rings (SSSR count). The molecule has 0 atom stereocenters. The summed E-state index contributed by atoms with van der Waals surface area (Å²) in [6.45, 7) is 0. The van der Waals surface area contributed by atoms with Crippen molar-refractivity contribution in [1.29, 1.82) is 5.26 Å². The number of aromatic nitrogens is 2. The number of H-pyrrole nitrogens is 1. The average Bonchev–Trinajstić information content (AvgIpc) is 3.10. The van der Waals surface area contributed by atoms with E-state index in [-0.39, 0.29) is 5.57 Å². The van der Waals surface area contributed by atoms with E-state index in [9.17, 15) is 10.1 Å². The summed E-state index contributed by atoms with van der Waals surface area (Å²) >= 11 is 0. The predicted molar refractivity (Wildman–Crippen MR) is 95.0 cm³/mol. The maximum atomic E-state index is 12.3. The lowest BCUT2D eigenvalue weighted by Crippen LogP contribution is -2.15. The first-order valence-electron chi connectivity index (χ1n) is 7.45. The third kappa shape index (κ3) is 3.59. The Labute approximate surface area is 144 Å². The Bertz CT molecular complexity index is 984. The van der Waals surface area contributed by atoms with E-state index in [0.717, 1.165) is 16.7 Å². The van der Waals surface area contributed by atoms with Crippen LogP contribution < -0.4 is 15.4 Å². The molecule has 2 aromatic carbocycles. The van der Waals surface area contributed by atoms with Crippen molar-refractivity contribution in [2.75, 3.05) is 17.7 Å². The van der Waals surface area contributed by atoms with Crippen LogP contribution in [0.3, 0.4) is 0 Å². The summed E-state index contributed by atoms with van der Waals surface area (Å²) in [6.07, 6.45) is 2.97. The molecule has 7 heteroatoms. The second kappa shape index (κ2) is 7.19. The Morgan fingerprint density at radius 3 is 2.96 bits per heavy atom. The Kier molecular flexibility index (Phi) is 4.62. The number of benzene rings is 2. The smallest absolute Gasteiger partial charge is 0.267 e. The first kappa shape index (κ1) is 16.1. The van der Waals surface area contributed by atoms with E-state index in [1.165, 1.54) is 13.3 Å². The number of carbonyl (C=O) groups is 1. The molecule has 0 unspecified atom stereocenters. The Morgan fingerprint density at radius 2 is 2.16 bits per heavy atom. The molecule has 0 spiro atoms. The van der Waals surface area contributed by atoms with Gasteiger partial charge in [-0.2, -0.15) is 5.26 Å². The minimum Gasteiger partial charge on any atom is -0.495 e. The number of imidazole rings is 1. The summed E-state index contributed by atoms with van der Waals surface area (Å²) in [5.74, 6) is -0.00656. The summed E-state index contributed by atoms with van der Waals surface area (Å²) in [7, 11) is 1.51. The van der Waals surface area contributed by atoms with Gasteiger partial charge in [-0.1, -0.05) is 12.1 Å². The SMILES string of the molecule is COc1ccccc1NC(=O)/C(C#N)=C\Nc1ccc2nc[nH]c2c1. The van der Waals surface area contributed by atoms with E-state index < -0.39 is 5.91 Å². The highest BCUT2D eigenvalue weighted by Gasteiger charge is 2.12. The zero-order valence-corrected chi connectivity index (χ0v) is 13.4. The van der Waals surface area contributed by atoms with Crippen LogP contribution in [-0.2, 0) is 4.79 Å². The molecule has 3 N–H and O–H groups in total. The molecule has 0 fully saturated rings. The number of hydrogen-bond acceptors (Lipinski definition) is 5. The van der Waals surface area contributed by atoms with Crippen molar-refractivity contribution < 1.29 is 9.53 Å². The number of ether oxygens (including phenoxy) is 1. The minimum atomic E-state index is -0.526. The number of nitrogens with one attached hydrogen (secondary N) is 3. The Morgan fingerprint density at radius 1 is 1.32 bits per heavy atom. The van der Waals surface area contributed by atoms with E-state index >= 15 is 0 Å². The number of hydrogen-bond donors (Lipinski definition) is 3. The lowest BCUT2D eigenvalue weighted by molar-refractivity contribution is -0.112. The van der Waals surface area contributed by atoms with Crippen LogP contribution in [0.1, 0.15) is 0 Å². The number of para-hydroxylation sites is 2. The molecule has 0 bridgehead atoms. The number of anilines is 2. The molecule has 1 aromatic heterocycles. The number of amides is 1. The summed E-state index contributed by atoms with van der Waals surface area (Å²) in [5, 5.41) is 14.9. The fourth-order valence-corrected chi connectivity index (χ4v) is 2.27. The lowest BCUT2D eigenvalue weighted by atomic mass is 10.2. The zero-order chi connectivity index (χ0) is 17.6. The van der Waals surface area contributed by atoms with E-state index in [4.69, 9.17) is 4.74 Å². The van der Waals surface area contributed by atoms with E-state index in [1.807, 2.05) is 24.3 Å². The number of rotatable bonds is 5. The van der Waals surface area contributed by atoms with Gasteiger partial charge < -0.3 is 20.4 Å². The monoisotopic (exact) mass is 333 g/mol. The van der Waals surface area contributed by atoms with Crippen LogP contribution in [0.25, 0.3) is 11.0 Å². The molecule has 124 valence electrons. The molecule has 0 saturated heterocycles. The topological polar surface area (TPSA) is 103 Å². The van der Waals surface area contributed by atoms with Gasteiger partial charge in [-0.25, -0.2) is 4.98 Å². The van der Waals surface area contributed by atoms with Crippen LogP contribution in [0.15, 0.2) is 60.6 Å². The highest BCUT2D eigenvalue weighted by atomic mass is 16.5. The third-order valence-electron chi connectivity index (χ3n) is 3.52. The normalized spacial score (nSPS) is 11.0. The van der Waals surface area contributed by atoms with Crippen LogP contribution in [-0.4, -0.2) is 23.0 Å². The molecule has 3 aromatic rings. The molecule has 0 radical (unpaired) electrons. The molecule has 0 aliphatic rings. The van der Waals surface area contributed by atoms with Gasteiger partial charge in [0.2, 0.25) is 0 Å². The van der Waals surface area contributed by atoms with Crippen LogP contribution in [0.5, 0.6) is 5.75 Å². The zero-order valence-electron chi connectivity index (χ0n) is 13.4. The Balaban J connectivity index is 1.75. The van der Waals surface area contributed by atoms with Crippen molar-refractivity contribution in [3.05, 3.63) is 60.6 Å². The van der Waals surface area contributed by atoms with Crippen molar-refractivity contribution in [3.63, 3.8) is 0 Å². The maximum absolute atomic E-state index is 12.3. The van der Waals surface area contributed by atoms with E-state index in [2.05, 4.69) is 20.6 Å². The quantitative estimate of drug-likeness (QED) is 0.492. The van der Waals surface area contributed by atoms with Crippen LogP contribution in [0.2, 0.25) is 0 Å². The average molecular weight is 333 g/mol. The second-order valence-corrected chi connectivity index (χ2v) is 5.10. The van der Waals surface area contributed by atoms with Crippen LogP contribution >= 0.6 is 0 Å².